The van der Waals surface area contributed by atoms with E-state index in [0.717, 1.165) is 19.5 Å². The average Bonchev–Trinajstić information content (AvgIpc) is 2.34. The fourth-order valence-electron chi connectivity index (χ4n) is 2.70. The van der Waals surface area contributed by atoms with Crippen molar-refractivity contribution in [2.45, 2.75) is 25.8 Å². The summed E-state index contributed by atoms with van der Waals surface area (Å²) in [6.45, 7) is 7.97. The van der Waals surface area contributed by atoms with E-state index in [2.05, 4.69) is 62.0 Å². The second kappa shape index (κ2) is 4.79. The van der Waals surface area contributed by atoms with Gasteiger partial charge in [-0.1, -0.05) is 31.2 Å². The van der Waals surface area contributed by atoms with Crippen molar-refractivity contribution in [3.63, 3.8) is 0 Å². The Morgan fingerprint density at radius 3 is 2.35 bits per heavy atom. The Morgan fingerprint density at radius 2 is 1.76 bits per heavy atom. The zero-order chi connectivity index (χ0) is 12.5. The maximum atomic E-state index is 2.48. The summed E-state index contributed by atoms with van der Waals surface area (Å²) in [5.74, 6) is 0. The molecule has 1 atom stereocenters. The van der Waals surface area contributed by atoms with Gasteiger partial charge in [0.15, 0.2) is 0 Å². The molecular weight excluding hydrogens is 208 g/mol. The number of nitrogens with zero attached hydrogens (tertiary/aromatic N) is 2. The molecule has 1 saturated heterocycles. The van der Waals surface area contributed by atoms with E-state index in [-0.39, 0.29) is 5.54 Å². The minimum absolute atomic E-state index is 0.152. The van der Waals surface area contributed by atoms with E-state index in [1.54, 1.807) is 0 Å². The van der Waals surface area contributed by atoms with Gasteiger partial charge in [-0.3, -0.25) is 4.90 Å². The molecular formula is C15H24N2. The number of rotatable bonds is 2. The fourth-order valence-corrected chi connectivity index (χ4v) is 2.70. The first-order valence-corrected chi connectivity index (χ1v) is 6.55. The highest BCUT2D eigenvalue weighted by atomic mass is 15.3. The molecule has 2 heteroatoms. The predicted octanol–water partition coefficient (Wildman–Crippen LogP) is 2.34. The second-order valence-electron chi connectivity index (χ2n) is 5.48. The van der Waals surface area contributed by atoms with Crippen molar-refractivity contribution in [3.05, 3.63) is 35.4 Å². The molecule has 0 aromatic heterocycles. The number of aryl methyl sites for hydroxylation is 1. The van der Waals surface area contributed by atoms with Gasteiger partial charge in [0.25, 0.3) is 0 Å². The Morgan fingerprint density at radius 1 is 1.12 bits per heavy atom. The van der Waals surface area contributed by atoms with Crippen LogP contribution in [0.5, 0.6) is 0 Å². The molecule has 1 aliphatic heterocycles. The lowest BCUT2D eigenvalue weighted by molar-refractivity contribution is 0.0380. The Labute approximate surface area is 105 Å². The molecule has 0 spiro atoms. The summed E-state index contributed by atoms with van der Waals surface area (Å²) >= 11 is 0. The summed E-state index contributed by atoms with van der Waals surface area (Å²) in [7, 11) is 4.45. The highest BCUT2D eigenvalue weighted by Gasteiger charge is 2.35. The lowest BCUT2D eigenvalue weighted by Crippen LogP contribution is -2.56. The van der Waals surface area contributed by atoms with Gasteiger partial charge in [-0.15, -0.1) is 0 Å². The summed E-state index contributed by atoms with van der Waals surface area (Å²) < 4.78 is 0. The molecule has 1 fully saturated rings. The SMILES string of the molecule is CCc1ccc(C2(C)CN(C)CCN2C)cc1. The molecule has 0 amide bonds. The van der Waals surface area contributed by atoms with Gasteiger partial charge in [0.1, 0.15) is 0 Å². The van der Waals surface area contributed by atoms with Crippen molar-refractivity contribution >= 4 is 0 Å². The van der Waals surface area contributed by atoms with Gasteiger partial charge in [0.2, 0.25) is 0 Å². The quantitative estimate of drug-likeness (QED) is 0.772. The van der Waals surface area contributed by atoms with E-state index in [9.17, 15) is 0 Å². The van der Waals surface area contributed by atoms with Crippen LogP contribution in [-0.4, -0.2) is 43.5 Å². The topological polar surface area (TPSA) is 6.48 Å². The van der Waals surface area contributed by atoms with Crippen molar-refractivity contribution in [2.75, 3.05) is 33.7 Å². The summed E-state index contributed by atoms with van der Waals surface area (Å²) in [4.78, 5) is 4.90. The van der Waals surface area contributed by atoms with E-state index in [1.807, 2.05) is 0 Å². The predicted molar refractivity (Wildman–Crippen MR) is 73.3 cm³/mol. The van der Waals surface area contributed by atoms with E-state index in [1.165, 1.54) is 17.7 Å². The average molecular weight is 232 g/mol. The first-order chi connectivity index (χ1) is 8.06. The zero-order valence-electron chi connectivity index (χ0n) is 11.5. The maximum Gasteiger partial charge on any atom is 0.0557 e. The van der Waals surface area contributed by atoms with Crippen molar-refractivity contribution in [1.29, 1.82) is 0 Å². The molecule has 0 aliphatic carbocycles. The molecule has 1 heterocycles. The Hall–Kier alpha value is -0.860. The smallest absolute Gasteiger partial charge is 0.0557 e. The second-order valence-corrected chi connectivity index (χ2v) is 5.48. The Kier molecular flexibility index (Phi) is 3.55. The minimum atomic E-state index is 0.152. The van der Waals surface area contributed by atoms with E-state index in [0.29, 0.717) is 0 Å². The van der Waals surface area contributed by atoms with Crippen LogP contribution in [0.25, 0.3) is 0 Å². The molecule has 0 bridgehead atoms. The van der Waals surface area contributed by atoms with Gasteiger partial charge in [0, 0.05) is 19.6 Å². The standard InChI is InChI=1S/C15H24N2/c1-5-13-6-8-14(9-7-13)15(2)12-16(3)10-11-17(15)4/h6-9H,5,10-12H2,1-4H3. The van der Waals surface area contributed by atoms with Crippen LogP contribution in [0.2, 0.25) is 0 Å². The van der Waals surface area contributed by atoms with Crippen LogP contribution >= 0.6 is 0 Å². The Balaban J connectivity index is 2.28. The lowest BCUT2D eigenvalue weighted by Gasteiger charge is -2.46. The van der Waals surface area contributed by atoms with Crippen molar-refractivity contribution in [1.82, 2.24) is 9.80 Å². The monoisotopic (exact) mass is 232 g/mol. The van der Waals surface area contributed by atoms with Gasteiger partial charge in [-0.2, -0.15) is 0 Å². The molecule has 1 unspecified atom stereocenters. The Bertz CT molecular complexity index is 371. The highest BCUT2D eigenvalue weighted by molar-refractivity contribution is 5.29. The first-order valence-electron chi connectivity index (χ1n) is 6.55. The molecule has 0 radical (unpaired) electrons. The number of likely N-dealkylation sites (N-methyl/N-ethyl adjacent to an activating group) is 2. The number of piperazine rings is 1. The van der Waals surface area contributed by atoms with E-state index < -0.39 is 0 Å². The van der Waals surface area contributed by atoms with Gasteiger partial charge in [-0.25, -0.2) is 0 Å². The van der Waals surface area contributed by atoms with Crippen molar-refractivity contribution < 1.29 is 0 Å². The van der Waals surface area contributed by atoms with Gasteiger partial charge < -0.3 is 4.90 Å². The third-order valence-electron chi connectivity index (χ3n) is 4.22. The van der Waals surface area contributed by atoms with Crippen LogP contribution in [0.1, 0.15) is 25.0 Å². The third-order valence-corrected chi connectivity index (χ3v) is 4.22. The van der Waals surface area contributed by atoms with Crippen LogP contribution < -0.4 is 0 Å². The molecule has 17 heavy (non-hydrogen) atoms. The van der Waals surface area contributed by atoms with Crippen LogP contribution in [-0.2, 0) is 12.0 Å². The van der Waals surface area contributed by atoms with Crippen LogP contribution in [0.15, 0.2) is 24.3 Å². The number of hydrogen-bond donors (Lipinski definition) is 0. The molecule has 2 rings (SSSR count). The van der Waals surface area contributed by atoms with E-state index in [4.69, 9.17) is 0 Å². The molecule has 1 aromatic rings. The van der Waals surface area contributed by atoms with Crippen LogP contribution in [0, 0.1) is 0 Å². The molecule has 94 valence electrons. The van der Waals surface area contributed by atoms with Gasteiger partial charge in [0.05, 0.1) is 5.54 Å². The number of hydrogen-bond acceptors (Lipinski definition) is 2. The molecule has 2 nitrogen and oxygen atoms in total. The molecule has 0 N–H and O–H groups in total. The van der Waals surface area contributed by atoms with Crippen molar-refractivity contribution in [3.8, 4) is 0 Å². The maximum absolute atomic E-state index is 2.48. The normalized spacial score (nSPS) is 27.3. The number of benzene rings is 1. The largest absolute Gasteiger partial charge is 0.303 e. The van der Waals surface area contributed by atoms with Crippen LogP contribution in [0.4, 0.5) is 0 Å². The fraction of sp³-hybridized carbons (Fsp3) is 0.600. The summed E-state index contributed by atoms with van der Waals surface area (Å²) in [6.07, 6.45) is 1.12. The summed E-state index contributed by atoms with van der Waals surface area (Å²) in [5.41, 5.74) is 3.01. The van der Waals surface area contributed by atoms with E-state index >= 15 is 0 Å². The summed E-state index contributed by atoms with van der Waals surface area (Å²) in [5, 5.41) is 0. The van der Waals surface area contributed by atoms with Gasteiger partial charge >= 0.3 is 0 Å². The molecule has 0 saturated carbocycles. The lowest BCUT2D eigenvalue weighted by atomic mass is 9.87. The zero-order valence-corrected chi connectivity index (χ0v) is 11.5. The third kappa shape index (κ3) is 2.38. The first kappa shape index (κ1) is 12.6. The summed E-state index contributed by atoms with van der Waals surface area (Å²) in [6, 6.07) is 9.13. The highest BCUT2D eigenvalue weighted by Crippen LogP contribution is 2.30. The van der Waals surface area contributed by atoms with Crippen LogP contribution in [0.3, 0.4) is 0 Å². The molecule has 1 aromatic carbocycles. The van der Waals surface area contributed by atoms with Gasteiger partial charge in [-0.05, 0) is 38.6 Å². The molecule has 1 aliphatic rings. The van der Waals surface area contributed by atoms with Crippen molar-refractivity contribution in [2.24, 2.45) is 0 Å². The minimum Gasteiger partial charge on any atom is -0.303 e.